The van der Waals surface area contributed by atoms with Crippen molar-refractivity contribution in [3.63, 3.8) is 0 Å². The lowest BCUT2D eigenvalue weighted by atomic mass is 10.3. The molecule has 0 aromatic rings. The van der Waals surface area contributed by atoms with E-state index in [0.717, 1.165) is 12.1 Å². The number of aliphatic imine (C=N–C) groups is 1. The lowest BCUT2D eigenvalue weighted by Crippen LogP contribution is -1.85. The van der Waals surface area contributed by atoms with E-state index in [9.17, 15) is 4.39 Å². The second-order valence-electron chi connectivity index (χ2n) is 1.93. The maximum atomic E-state index is 12.4. The van der Waals surface area contributed by atoms with Crippen LogP contribution in [0, 0.1) is 0 Å². The fourth-order valence-electron chi connectivity index (χ4n) is 0.396. The van der Waals surface area contributed by atoms with Gasteiger partial charge >= 0.3 is 0 Å². The summed E-state index contributed by atoms with van der Waals surface area (Å²) in [6.07, 6.45) is 3.39. The Balaban J connectivity index is 4.11. The summed E-state index contributed by atoms with van der Waals surface area (Å²) in [6, 6.07) is 0. The number of nitrogens with zero attached hydrogens (tertiary/aromatic N) is 1. The summed E-state index contributed by atoms with van der Waals surface area (Å²) >= 11 is 0. The van der Waals surface area contributed by atoms with Gasteiger partial charge in [-0.15, -0.1) is 0 Å². The zero-order valence-electron chi connectivity index (χ0n) is 6.39. The molecule has 0 radical (unpaired) electrons. The average Bonchev–Trinajstić information content (AvgIpc) is 1.88. The highest BCUT2D eigenvalue weighted by Crippen LogP contribution is 1.99. The Hall–Kier alpha value is -0.920. The molecular formula is C8H12FN. The van der Waals surface area contributed by atoms with E-state index >= 15 is 0 Å². The van der Waals surface area contributed by atoms with Crippen LogP contribution in [0.4, 0.5) is 4.39 Å². The predicted octanol–water partition coefficient (Wildman–Crippen LogP) is 2.85. The molecule has 2 heteroatoms. The first-order valence-electron chi connectivity index (χ1n) is 3.23. The van der Waals surface area contributed by atoms with Gasteiger partial charge in [0.25, 0.3) is 0 Å². The van der Waals surface area contributed by atoms with Crippen molar-refractivity contribution in [3.05, 3.63) is 24.7 Å². The Morgan fingerprint density at radius 1 is 1.70 bits per heavy atom. The SMILES string of the molecule is C=C/C=C(F)\N=C(/C)CC. The van der Waals surface area contributed by atoms with E-state index in [1.54, 1.807) is 6.92 Å². The average molecular weight is 141 g/mol. The van der Waals surface area contributed by atoms with Crippen LogP contribution in [0.1, 0.15) is 20.3 Å². The predicted molar refractivity (Wildman–Crippen MR) is 42.8 cm³/mol. The van der Waals surface area contributed by atoms with Crippen LogP contribution >= 0.6 is 0 Å². The molecule has 0 bridgehead atoms. The first-order chi connectivity index (χ1) is 4.70. The van der Waals surface area contributed by atoms with Crippen molar-refractivity contribution in [2.24, 2.45) is 4.99 Å². The maximum absolute atomic E-state index is 12.4. The fraction of sp³-hybridized carbons (Fsp3) is 0.375. The third-order valence-corrected chi connectivity index (χ3v) is 1.06. The molecule has 0 aliphatic heterocycles. The molecule has 0 aromatic heterocycles. The number of hydrogen-bond donors (Lipinski definition) is 0. The van der Waals surface area contributed by atoms with Gasteiger partial charge in [0.1, 0.15) is 0 Å². The number of allylic oxidation sites excluding steroid dienone is 2. The third-order valence-electron chi connectivity index (χ3n) is 1.06. The van der Waals surface area contributed by atoms with Gasteiger partial charge in [-0.25, -0.2) is 4.99 Å². The molecule has 56 valence electrons. The Bertz CT molecular complexity index is 168. The van der Waals surface area contributed by atoms with Crippen LogP contribution in [0.2, 0.25) is 0 Å². The molecule has 10 heavy (non-hydrogen) atoms. The highest BCUT2D eigenvalue weighted by Gasteiger charge is 1.88. The van der Waals surface area contributed by atoms with Crippen molar-refractivity contribution >= 4 is 5.71 Å². The van der Waals surface area contributed by atoms with E-state index in [1.165, 1.54) is 12.2 Å². The highest BCUT2D eigenvalue weighted by molar-refractivity contribution is 5.82. The molecule has 0 fully saturated rings. The van der Waals surface area contributed by atoms with Crippen molar-refractivity contribution in [1.29, 1.82) is 0 Å². The molecule has 0 saturated heterocycles. The first kappa shape index (κ1) is 9.08. The van der Waals surface area contributed by atoms with Crippen LogP contribution in [-0.2, 0) is 0 Å². The maximum Gasteiger partial charge on any atom is 0.212 e. The molecule has 0 unspecified atom stereocenters. The quantitative estimate of drug-likeness (QED) is 0.325. The fourth-order valence-corrected chi connectivity index (χ4v) is 0.396. The molecule has 0 heterocycles. The van der Waals surface area contributed by atoms with E-state index in [4.69, 9.17) is 0 Å². The van der Waals surface area contributed by atoms with Crippen molar-refractivity contribution < 1.29 is 4.39 Å². The summed E-state index contributed by atoms with van der Waals surface area (Å²) < 4.78 is 12.4. The van der Waals surface area contributed by atoms with Crippen molar-refractivity contribution in [2.75, 3.05) is 0 Å². The topological polar surface area (TPSA) is 12.4 Å². The third kappa shape index (κ3) is 4.01. The van der Waals surface area contributed by atoms with E-state index in [2.05, 4.69) is 11.6 Å². The number of rotatable bonds is 3. The molecular weight excluding hydrogens is 129 g/mol. The van der Waals surface area contributed by atoms with E-state index < -0.39 is 5.95 Å². The normalized spacial score (nSPS) is 13.5. The number of halogens is 1. The zero-order valence-corrected chi connectivity index (χ0v) is 6.39. The van der Waals surface area contributed by atoms with Crippen LogP contribution in [0.25, 0.3) is 0 Å². The number of hydrogen-bond acceptors (Lipinski definition) is 1. The molecule has 0 amide bonds. The van der Waals surface area contributed by atoms with Gasteiger partial charge < -0.3 is 0 Å². The Labute approximate surface area is 61.0 Å². The van der Waals surface area contributed by atoms with Crippen LogP contribution in [0.15, 0.2) is 29.7 Å². The van der Waals surface area contributed by atoms with Gasteiger partial charge in [-0.05, 0) is 19.4 Å². The van der Waals surface area contributed by atoms with Gasteiger partial charge in [-0.2, -0.15) is 4.39 Å². The summed E-state index contributed by atoms with van der Waals surface area (Å²) in [7, 11) is 0. The van der Waals surface area contributed by atoms with Gasteiger partial charge in [0.05, 0.1) is 0 Å². The summed E-state index contributed by atoms with van der Waals surface area (Å²) in [5.74, 6) is -0.477. The van der Waals surface area contributed by atoms with Gasteiger partial charge in [-0.3, -0.25) is 0 Å². The monoisotopic (exact) mass is 141 g/mol. The van der Waals surface area contributed by atoms with Gasteiger partial charge in [0, 0.05) is 5.71 Å². The second-order valence-corrected chi connectivity index (χ2v) is 1.93. The summed E-state index contributed by atoms with van der Waals surface area (Å²) in [5.41, 5.74) is 0.788. The van der Waals surface area contributed by atoms with Gasteiger partial charge in [0.15, 0.2) is 0 Å². The summed E-state index contributed by atoms with van der Waals surface area (Å²) in [4.78, 5) is 3.62. The Morgan fingerprint density at radius 2 is 2.30 bits per heavy atom. The van der Waals surface area contributed by atoms with Crippen LogP contribution in [0.5, 0.6) is 0 Å². The highest BCUT2D eigenvalue weighted by atomic mass is 19.1. The molecule has 0 saturated carbocycles. The lowest BCUT2D eigenvalue weighted by molar-refractivity contribution is 0.627. The minimum absolute atomic E-state index is 0.477. The van der Waals surface area contributed by atoms with Gasteiger partial charge in [-0.1, -0.05) is 19.6 Å². The zero-order chi connectivity index (χ0) is 7.98. The molecule has 0 aliphatic rings. The van der Waals surface area contributed by atoms with Crippen molar-refractivity contribution in [2.45, 2.75) is 20.3 Å². The summed E-state index contributed by atoms with van der Waals surface area (Å²) in [6.45, 7) is 7.07. The van der Waals surface area contributed by atoms with Gasteiger partial charge in [0.2, 0.25) is 5.95 Å². The first-order valence-corrected chi connectivity index (χ1v) is 3.23. The van der Waals surface area contributed by atoms with Crippen LogP contribution < -0.4 is 0 Å². The molecule has 0 spiro atoms. The Morgan fingerprint density at radius 3 is 2.70 bits per heavy atom. The molecule has 0 N–H and O–H groups in total. The standard InChI is InChI=1S/C8H12FN/c1-4-6-8(9)10-7(3)5-2/h4,6H,1,5H2,2-3H3/b8-6-,10-7+. The van der Waals surface area contributed by atoms with Crippen molar-refractivity contribution in [3.8, 4) is 0 Å². The molecule has 1 nitrogen and oxygen atoms in total. The smallest absolute Gasteiger partial charge is 0.212 e. The largest absolute Gasteiger partial charge is 0.230 e. The van der Waals surface area contributed by atoms with Crippen LogP contribution in [-0.4, -0.2) is 5.71 Å². The minimum Gasteiger partial charge on any atom is -0.230 e. The summed E-state index contributed by atoms with van der Waals surface area (Å²) in [5, 5.41) is 0. The van der Waals surface area contributed by atoms with Crippen LogP contribution in [0.3, 0.4) is 0 Å². The molecule has 0 atom stereocenters. The Kier molecular flexibility index (Phi) is 4.46. The molecule has 0 aromatic carbocycles. The lowest BCUT2D eigenvalue weighted by Gasteiger charge is -1.90. The van der Waals surface area contributed by atoms with E-state index in [1.807, 2.05) is 6.92 Å². The molecule has 0 rings (SSSR count). The van der Waals surface area contributed by atoms with E-state index in [0.29, 0.717) is 0 Å². The van der Waals surface area contributed by atoms with Crippen molar-refractivity contribution in [1.82, 2.24) is 0 Å². The minimum atomic E-state index is -0.477. The second kappa shape index (κ2) is 4.91. The molecule has 0 aliphatic carbocycles. The van der Waals surface area contributed by atoms with E-state index in [-0.39, 0.29) is 0 Å².